The van der Waals surface area contributed by atoms with Crippen LogP contribution in [0.5, 0.6) is 0 Å². The molecule has 2 heterocycles. The van der Waals surface area contributed by atoms with E-state index < -0.39 is 15.4 Å². The summed E-state index contributed by atoms with van der Waals surface area (Å²) in [5.41, 5.74) is 0.820. The molecule has 0 bridgehead atoms. The summed E-state index contributed by atoms with van der Waals surface area (Å²) >= 11 is 0. The van der Waals surface area contributed by atoms with Crippen LogP contribution < -0.4 is 10.5 Å². The molecule has 33 heavy (non-hydrogen) atoms. The number of para-hydroxylation sites is 1. The van der Waals surface area contributed by atoms with E-state index in [1.165, 1.54) is 18.2 Å². The molecule has 2 aromatic carbocycles. The third kappa shape index (κ3) is 4.80. The van der Waals surface area contributed by atoms with E-state index in [1.54, 1.807) is 35.2 Å². The van der Waals surface area contributed by atoms with Crippen molar-refractivity contribution in [3.05, 3.63) is 82.4 Å². The Morgan fingerprint density at radius 3 is 2.30 bits per heavy atom. The van der Waals surface area contributed by atoms with Crippen molar-refractivity contribution in [1.29, 1.82) is 0 Å². The molecule has 0 unspecified atom stereocenters. The number of piperazine rings is 1. The van der Waals surface area contributed by atoms with Gasteiger partial charge < -0.3 is 9.80 Å². The van der Waals surface area contributed by atoms with Gasteiger partial charge in [0, 0.05) is 32.2 Å². The van der Waals surface area contributed by atoms with Crippen LogP contribution in [0.2, 0.25) is 0 Å². The van der Waals surface area contributed by atoms with Gasteiger partial charge in [-0.15, -0.1) is 0 Å². The van der Waals surface area contributed by atoms with Crippen molar-refractivity contribution in [2.45, 2.75) is 23.4 Å². The number of aromatic nitrogens is 2. The molecule has 8 nitrogen and oxygen atoms in total. The lowest BCUT2D eigenvalue weighted by atomic mass is 10.2. The van der Waals surface area contributed by atoms with Crippen molar-refractivity contribution in [2.24, 2.45) is 0 Å². The second-order valence-electron chi connectivity index (χ2n) is 7.80. The lowest BCUT2D eigenvalue weighted by Crippen LogP contribution is -2.50. The minimum Gasteiger partial charge on any atom is -0.366 e. The summed E-state index contributed by atoms with van der Waals surface area (Å²) in [6.45, 7) is 3.05. The minimum atomic E-state index is -3.94. The number of benzene rings is 2. The normalized spacial score (nSPS) is 14.4. The molecule has 1 fully saturated rings. The number of carbonyl (C=O) groups excluding carboxylic acids is 1. The fraction of sp³-hybridized carbons (Fsp3) is 0.261. The molecule has 0 spiro atoms. The second kappa shape index (κ2) is 9.14. The van der Waals surface area contributed by atoms with Crippen molar-refractivity contribution < 1.29 is 17.6 Å². The highest BCUT2D eigenvalue weighted by Crippen LogP contribution is 2.21. The molecule has 1 aliphatic heterocycles. The Bertz CT molecular complexity index is 1330. The highest BCUT2D eigenvalue weighted by molar-refractivity contribution is 7.91. The van der Waals surface area contributed by atoms with Crippen LogP contribution in [0.25, 0.3) is 0 Å². The lowest BCUT2D eigenvalue weighted by Gasteiger charge is -2.36. The first-order chi connectivity index (χ1) is 15.8. The third-order valence-electron chi connectivity index (χ3n) is 5.56. The van der Waals surface area contributed by atoms with Gasteiger partial charge in [-0.3, -0.25) is 9.59 Å². The number of hydrogen-bond acceptors (Lipinski definition) is 6. The number of aryl methyl sites for hydroxylation is 1. The first-order valence-corrected chi connectivity index (χ1v) is 11.9. The Hall–Kier alpha value is -3.53. The predicted molar refractivity (Wildman–Crippen MR) is 120 cm³/mol. The molecule has 4 rings (SSSR count). The first kappa shape index (κ1) is 22.7. The van der Waals surface area contributed by atoms with Crippen LogP contribution in [0.15, 0.2) is 75.4 Å². The standard InChI is InChI=1S/C23H23FN4O4S/c1-17-6-8-18(9-7-17)33(31,32)21-10-11-22(29)28(25-21)16-23(30)27-14-12-26(13-15-27)20-5-3-2-4-19(20)24/h2-11H,12-16H2,1H3. The molecule has 0 radical (unpaired) electrons. The van der Waals surface area contributed by atoms with Crippen molar-refractivity contribution in [3.8, 4) is 0 Å². The second-order valence-corrected chi connectivity index (χ2v) is 9.70. The van der Waals surface area contributed by atoms with E-state index in [2.05, 4.69) is 5.10 Å². The molecule has 0 saturated carbocycles. The molecular weight excluding hydrogens is 447 g/mol. The quantitative estimate of drug-likeness (QED) is 0.565. The molecule has 0 N–H and O–H groups in total. The van der Waals surface area contributed by atoms with Gasteiger partial charge in [0.1, 0.15) is 12.4 Å². The molecule has 0 aliphatic carbocycles. The summed E-state index contributed by atoms with van der Waals surface area (Å²) in [4.78, 5) is 28.5. The molecule has 0 atom stereocenters. The lowest BCUT2D eigenvalue weighted by molar-refractivity contribution is -0.132. The number of halogens is 1. The summed E-state index contributed by atoms with van der Waals surface area (Å²) < 4.78 is 40.7. The maximum atomic E-state index is 14.0. The summed E-state index contributed by atoms with van der Waals surface area (Å²) in [6.07, 6.45) is 0. The van der Waals surface area contributed by atoms with Gasteiger partial charge in [-0.25, -0.2) is 17.5 Å². The fourth-order valence-corrected chi connectivity index (χ4v) is 4.85. The Kier molecular flexibility index (Phi) is 6.28. The van der Waals surface area contributed by atoms with Gasteiger partial charge in [0.15, 0.2) is 5.03 Å². The van der Waals surface area contributed by atoms with E-state index in [0.29, 0.717) is 31.9 Å². The zero-order chi connectivity index (χ0) is 23.6. The van der Waals surface area contributed by atoms with Crippen LogP contribution in [0.1, 0.15) is 5.56 Å². The van der Waals surface area contributed by atoms with Crippen LogP contribution in [-0.2, 0) is 21.2 Å². The number of carbonyl (C=O) groups is 1. The topological polar surface area (TPSA) is 92.6 Å². The van der Waals surface area contributed by atoms with Crippen LogP contribution in [0, 0.1) is 12.7 Å². The average molecular weight is 471 g/mol. The predicted octanol–water partition coefficient (Wildman–Crippen LogP) is 1.87. The number of rotatable bonds is 5. The first-order valence-electron chi connectivity index (χ1n) is 10.4. The molecule has 1 saturated heterocycles. The van der Waals surface area contributed by atoms with E-state index in [4.69, 9.17) is 0 Å². The Balaban J connectivity index is 1.47. The molecule has 1 amide bonds. The number of hydrogen-bond donors (Lipinski definition) is 0. The highest BCUT2D eigenvalue weighted by atomic mass is 32.2. The molecule has 3 aromatic rings. The van der Waals surface area contributed by atoms with E-state index in [9.17, 15) is 22.4 Å². The maximum absolute atomic E-state index is 14.0. The van der Waals surface area contributed by atoms with E-state index in [1.807, 2.05) is 11.8 Å². The summed E-state index contributed by atoms with van der Waals surface area (Å²) in [6, 6.07) is 15.0. The largest absolute Gasteiger partial charge is 0.366 e. The Morgan fingerprint density at radius 2 is 1.64 bits per heavy atom. The van der Waals surface area contributed by atoms with Gasteiger partial charge in [-0.2, -0.15) is 5.10 Å². The van der Waals surface area contributed by atoms with Crippen molar-refractivity contribution in [2.75, 3.05) is 31.1 Å². The number of sulfone groups is 1. The molecule has 1 aromatic heterocycles. The van der Waals surface area contributed by atoms with Gasteiger partial charge in [0.25, 0.3) is 5.56 Å². The smallest absolute Gasteiger partial charge is 0.267 e. The Morgan fingerprint density at radius 1 is 0.970 bits per heavy atom. The van der Waals surface area contributed by atoms with Crippen molar-refractivity contribution in [1.82, 2.24) is 14.7 Å². The van der Waals surface area contributed by atoms with Crippen LogP contribution in [0.4, 0.5) is 10.1 Å². The van der Waals surface area contributed by atoms with Crippen molar-refractivity contribution >= 4 is 21.4 Å². The number of amides is 1. The van der Waals surface area contributed by atoms with Gasteiger partial charge in [0.05, 0.1) is 10.6 Å². The summed E-state index contributed by atoms with van der Waals surface area (Å²) in [5.74, 6) is -0.678. The molecular formula is C23H23FN4O4S. The minimum absolute atomic E-state index is 0.0568. The van der Waals surface area contributed by atoms with Crippen LogP contribution in [-0.4, -0.2) is 55.2 Å². The molecule has 1 aliphatic rings. The van der Waals surface area contributed by atoms with Gasteiger partial charge in [-0.05, 0) is 37.3 Å². The van der Waals surface area contributed by atoms with E-state index in [-0.39, 0.29) is 28.2 Å². The summed E-state index contributed by atoms with van der Waals surface area (Å²) in [5, 5.41) is 3.66. The van der Waals surface area contributed by atoms with E-state index in [0.717, 1.165) is 22.4 Å². The van der Waals surface area contributed by atoms with Crippen LogP contribution >= 0.6 is 0 Å². The molecule has 10 heteroatoms. The van der Waals surface area contributed by atoms with Crippen LogP contribution in [0.3, 0.4) is 0 Å². The monoisotopic (exact) mass is 470 g/mol. The zero-order valence-electron chi connectivity index (χ0n) is 18.0. The Labute approximate surface area is 190 Å². The molecule has 172 valence electrons. The number of anilines is 1. The van der Waals surface area contributed by atoms with Gasteiger partial charge in [-0.1, -0.05) is 29.8 Å². The third-order valence-corrected chi connectivity index (χ3v) is 7.22. The number of nitrogens with zero attached hydrogens (tertiary/aromatic N) is 4. The maximum Gasteiger partial charge on any atom is 0.267 e. The van der Waals surface area contributed by atoms with Gasteiger partial charge >= 0.3 is 0 Å². The average Bonchev–Trinajstić information content (AvgIpc) is 2.81. The SMILES string of the molecule is Cc1ccc(S(=O)(=O)c2ccc(=O)n(CC(=O)N3CCN(c4ccccc4F)CC3)n2)cc1. The zero-order valence-corrected chi connectivity index (χ0v) is 18.8. The van der Waals surface area contributed by atoms with Gasteiger partial charge in [0.2, 0.25) is 15.7 Å². The summed E-state index contributed by atoms with van der Waals surface area (Å²) in [7, 11) is -3.94. The highest BCUT2D eigenvalue weighted by Gasteiger charge is 2.25. The van der Waals surface area contributed by atoms with Crippen molar-refractivity contribution in [3.63, 3.8) is 0 Å². The van der Waals surface area contributed by atoms with E-state index >= 15 is 0 Å². The fourth-order valence-electron chi connectivity index (χ4n) is 3.66.